The SMILES string of the molecule is C=C[C@H](C)C[C@@H]1C[C@H](OCc2ccc(OC)cc2)C[C@H](C/C=C/C(=O)O)O1. The Hall–Kier alpha value is -2.11. The monoisotopic (exact) mass is 374 g/mol. The molecule has 148 valence electrons. The van der Waals surface area contributed by atoms with Crippen LogP contribution in [-0.4, -0.2) is 36.5 Å². The molecule has 1 heterocycles. The van der Waals surface area contributed by atoms with E-state index in [1.165, 1.54) is 6.08 Å². The molecule has 5 heteroatoms. The van der Waals surface area contributed by atoms with E-state index in [0.29, 0.717) is 18.9 Å². The van der Waals surface area contributed by atoms with Crippen molar-refractivity contribution in [2.45, 2.75) is 57.5 Å². The number of aliphatic carboxylic acids is 1. The molecule has 0 amide bonds. The number of methoxy groups -OCH3 is 1. The molecule has 0 bridgehead atoms. The summed E-state index contributed by atoms with van der Waals surface area (Å²) in [4.78, 5) is 10.7. The van der Waals surface area contributed by atoms with Crippen LogP contribution in [0.15, 0.2) is 49.1 Å². The Morgan fingerprint density at radius 1 is 1.33 bits per heavy atom. The highest BCUT2D eigenvalue weighted by Gasteiger charge is 2.30. The summed E-state index contributed by atoms with van der Waals surface area (Å²) in [7, 11) is 1.65. The molecule has 1 saturated heterocycles. The third-order valence-corrected chi connectivity index (χ3v) is 4.78. The zero-order valence-electron chi connectivity index (χ0n) is 16.2. The summed E-state index contributed by atoms with van der Waals surface area (Å²) in [6.07, 6.45) is 7.99. The van der Waals surface area contributed by atoms with Crippen molar-refractivity contribution in [3.63, 3.8) is 0 Å². The predicted octanol–water partition coefficient (Wildman–Crippen LogP) is 4.37. The number of allylic oxidation sites excluding steroid dienone is 1. The highest BCUT2D eigenvalue weighted by Crippen LogP contribution is 2.29. The van der Waals surface area contributed by atoms with Crippen LogP contribution in [0.25, 0.3) is 0 Å². The fourth-order valence-corrected chi connectivity index (χ4v) is 3.27. The maximum Gasteiger partial charge on any atom is 0.327 e. The second-order valence-corrected chi connectivity index (χ2v) is 7.06. The average Bonchev–Trinajstić information content (AvgIpc) is 2.66. The minimum absolute atomic E-state index is 0.0303. The Bertz CT molecular complexity index is 622. The first-order valence-corrected chi connectivity index (χ1v) is 9.42. The zero-order valence-corrected chi connectivity index (χ0v) is 16.2. The number of carbonyl (C=O) groups is 1. The lowest BCUT2D eigenvalue weighted by Gasteiger charge is -2.36. The summed E-state index contributed by atoms with van der Waals surface area (Å²) in [5.74, 6) is 0.258. The molecule has 0 radical (unpaired) electrons. The van der Waals surface area contributed by atoms with Crippen LogP contribution in [0.3, 0.4) is 0 Å². The summed E-state index contributed by atoms with van der Waals surface area (Å²) in [5, 5.41) is 8.77. The molecule has 1 aromatic rings. The normalized spacial score (nSPS) is 23.9. The molecule has 1 aliphatic heterocycles. The van der Waals surface area contributed by atoms with Crippen molar-refractivity contribution in [1.29, 1.82) is 0 Å². The van der Waals surface area contributed by atoms with Gasteiger partial charge in [-0.2, -0.15) is 0 Å². The van der Waals surface area contributed by atoms with Gasteiger partial charge in [-0.15, -0.1) is 6.58 Å². The first-order valence-electron chi connectivity index (χ1n) is 9.42. The molecule has 4 atom stereocenters. The van der Waals surface area contributed by atoms with Gasteiger partial charge in [-0.25, -0.2) is 4.79 Å². The van der Waals surface area contributed by atoms with Crippen molar-refractivity contribution >= 4 is 5.97 Å². The Labute approximate surface area is 161 Å². The summed E-state index contributed by atoms with van der Waals surface area (Å²) < 4.78 is 17.5. The second kappa shape index (κ2) is 10.9. The van der Waals surface area contributed by atoms with Crippen LogP contribution in [0.4, 0.5) is 0 Å². The predicted molar refractivity (Wildman–Crippen MR) is 105 cm³/mol. The third-order valence-electron chi connectivity index (χ3n) is 4.78. The fourth-order valence-electron chi connectivity index (χ4n) is 3.27. The van der Waals surface area contributed by atoms with Gasteiger partial charge in [0.15, 0.2) is 0 Å². The minimum Gasteiger partial charge on any atom is -0.497 e. The van der Waals surface area contributed by atoms with E-state index in [2.05, 4.69) is 13.5 Å². The maximum atomic E-state index is 10.7. The van der Waals surface area contributed by atoms with Gasteiger partial charge in [-0.3, -0.25) is 0 Å². The molecule has 1 N–H and O–H groups in total. The molecule has 1 aliphatic rings. The Balaban J connectivity index is 1.94. The standard InChI is InChI=1S/C22H30O5/c1-4-16(2)12-21-14-20(13-19(27-21)6-5-7-22(23)24)26-15-17-8-10-18(25-3)11-9-17/h4-5,7-11,16,19-21H,1,6,12-15H2,2-3H3,(H,23,24)/b7-5+/t16-,19-,20+,21+/m0/s1. The minimum atomic E-state index is -0.935. The number of carboxylic acid groups (broad SMARTS) is 1. The van der Waals surface area contributed by atoms with Gasteiger partial charge in [0.05, 0.1) is 32.0 Å². The van der Waals surface area contributed by atoms with Crippen LogP contribution in [0.5, 0.6) is 5.75 Å². The number of rotatable bonds is 10. The molecule has 2 rings (SSSR count). The van der Waals surface area contributed by atoms with Crippen LogP contribution in [0.2, 0.25) is 0 Å². The highest BCUT2D eigenvalue weighted by atomic mass is 16.5. The zero-order chi connectivity index (χ0) is 19.6. The Morgan fingerprint density at radius 3 is 2.67 bits per heavy atom. The topological polar surface area (TPSA) is 65.0 Å². The van der Waals surface area contributed by atoms with Crippen LogP contribution in [-0.2, 0) is 20.9 Å². The van der Waals surface area contributed by atoms with Crippen molar-refractivity contribution in [2.24, 2.45) is 5.92 Å². The molecule has 0 aromatic heterocycles. The van der Waals surface area contributed by atoms with Crippen molar-refractivity contribution in [2.75, 3.05) is 7.11 Å². The quantitative estimate of drug-likeness (QED) is 0.487. The van der Waals surface area contributed by atoms with Crippen molar-refractivity contribution < 1.29 is 24.1 Å². The summed E-state index contributed by atoms with van der Waals surface area (Å²) >= 11 is 0. The van der Waals surface area contributed by atoms with E-state index in [9.17, 15) is 4.79 Å². The highest BCUT2D eigenvalue weighted by molar-refractivity contribution is 5.79. The van der Waals surface area contributed by atoms with Crippen molar-refractivity contribution in [3.05, 3.63) is 54.6 Å². The van der Waals surface area contributed by atoms with E-state index in [4.69, 9.17) is 19.3 Å². The van der Waals surface area contributed by atoms with Gasteiger partial charge < -0.3 is 19.3 Å². The van der Waals surface area contributed by atoms with E-state index in [0.717, 1.165) is 30.6 Å². The fraction of sp³-hybridized carbons (Fsp3) is 0.500. The number of carboxylic acids is 1. The molecular formula is C22H30O5. The van der Waals surface area contributed by atoms with Gasteiger partial charge in [0.25, 0.3) is 0 Å². The van der Waals surface area contributed by atoms with Gasteiger partial charge in [0, 0.05) is 12.5 Å². The average molecular weight is 374 g/mol. The van der Waals surface area contributed by atoms with Crippen LogP contribution in [0, 0.1) is 5.92 Å². The van der Waals surface area contributed by atoms with Gasteiger partial charge in [-0.05, 0) is 42.9 Å². The van der Waals surface area contributed by atoms with Gasteiger partial charge in [-0.1, -0.05) is 31.2 Å². The van der Waals surface area contributed by atoms with E-state index in [1.54, 1.807) is 13.2 Å². The van der Waals surface area contributed by atoms with E-state index < -0.39 is 5.97 Å². The first-order chi connectivity index (χ1) is 13.0. The molecule has 27 heavy (non-hydrogen) atoms. The lowest BCUT2D eigenvalue weighted by atomic mass is 9.93. The van der Waals surface area contributed by atoms with Crippen molar-refractivity contribution in [3.8, 4) is 5.75 Å². The number of ether oxygens (including phenoxy) is 3. The largest absolute Gasteiger partial charge is 0.497 e. The molecular weight excluding hydrogens is 344 g/mol. The van der Waals surface area contributed by atoms with Crippen LogP contribution < -0.4 is 4.74 Å². The molecule has 0 spiro atoms. The number of benzene rings is 1. The number of hydrogen-bond acceptors (Lipinski definition) is 4. The van der Waals surface area contributed by atoms with Gasteiger partial charge >= 0.3 is 5.97 Å². The molecule has 0 unspecified atom stereocenters. The summed E-state index contributed by atoms with van der Waals surface area (Å²) in [5.41, 5.74) is 1.10. The van der Waals surface area contributed by atoms with E-state index in [-0.39, 0.29) is 18.3 Å². The second-order valence-electron chi connectivity index (χ2n) is 7.06. The summed E-state index contributed by atoms with van der Waals surface area (Å²) in [6, 6.07) is 7.86. The molecule has 1 fully saturated rings. The lowest BCUT2D eigenvalue weighted by Crippen LogP contribution is -2.37. The van der Waals surface area contributed by atoms with E-state index in [1.807, 2.05) is 30.3 Å². The van der Waals surface area contributed by atoms with Crippen LogP contribution in [0.1, 0.15) is 38.2 Å². The van der Waals surface area contributed by atoms with Crippen molar-refractivity contribution in [1.82, 2.24) is 0 Å². The Kier molecular flexibility index (Phi) is 8.55. The molecule has 1 aromatic carbocycles. The Morgan fingerprint density at radius 2 is 2.04 bits per heavy atom. The lowest BCUT2D eigenvalue weighted by molar-refractivity contribution is -0.131. The van der Waals surface area contributed by atoms with Gasteiger partial charge in [0.1, 0.15) is 5.75 Å². The first kappa shape index (κ1) is 21.2. The molecule has 0 aliphatic carbocycles. The van der Waals surface area contributed by atoms with Crippen LogP contribution >= 0.6 is 0 Å². The smallest absolute Gasteiger partial charge is 0.327 e. The third kappa shape index (κ3) is 7.57. The maximum absolute atomic E-state index is 10.7. The number of hydrogen-bond donors (Lipinski definition) is 1. The van der Waals surface area contributed by atoms with E-state index >= 15 is 0 Å². The van der Waals surface area contributed by atoms with Gasteiger partial charge in [0.2, 0.25) is 0 Å². The molecule has 5 nitrogen and oxygen atoms in total. The molecule has 0 saturated carbocycles. The summed E-state index contributed by atoms with van der Waals surface area (Å²) in [6.45, 7) is 6.51.